The van der Waals surface area contributed by atoms with Crippen LogP contribution in [0.1, 0.15) is 0 Å². The normalized spacial score (nSPS) is 46.1. The highest BCUT2D eigenvalue weighted by Gasteiger charge is 2.55. The molecule has 0 spiro atoms. The maximum absolute atomic E-state index is 12.5. The van der Waals surface area contributed by atoms with E-state index in [9.17, 15) is 71.2 Å². The highest BCUT2D eigenvalue weighted by Crippen LogP contribution is 2.35. The molecule has 28 nitrogen and oxygen atoms in total. The molecule has 20 atom stereocenters. The fourth-order valence-electron chi connectivity index (χ4n) is 6.45. The summed E-state index contributed by atoms with van der Waals surface area (Å²) in [5, 5.41) is 148. The molecule has 28 heteroatoms. The molecule has 0 bridgehead atoms. The topological polar surface area (TPSA) is 439 Å². The number of hydrogen-bond acceptors (Lipinski definition) is 25. The van der Waals surface area contributed by atoms with Gasteiger partial charge in [-0.25, -0.2) is 4.79 Å². The average molecular weight is 819 g/mol. The summed E-state index contributed by atoms with van der Waals surface area (Å²) >= 11 is 0. The van der Waals surface area contributed by atoms with Gasteiger partial charge in [-0.15, -0.1) is 0 Å². The van der Waals surface area contributed by atoms with Crippen LogP contribution < -0.4 is 5.32 Å². The summed E-state index contributed by atoms with van der Waals surface area (Å²) < 4.78 is 43.5. The minimum absolute atomic E-state index is 0.213. The van der Waals surface area contributed by atoms with Gasteiger partial charge in [-0.3, -0.25) is 0 Å². The monoisotopic (exact) mass is 818 g/mol. The smallest absolute Gasteiger partial charge is 0.407 e. The van der Waals surface area contributed by atoms with Crippen LogP contribution in [0.4, 0.5) is 4.79 Å². The van der Waals surface area contributed by atoms with E-state index < -0.39 is 161 Å². The number of nitrogens with zero attached hydrogens (tertiary/aromatic N) is 5. The zero-order valence-corrected chi connectivity index (χ0v) is 29.0. The molecule has 1 amide bonds. The van der Waals surface area contributed by atoms with Crippen molar-refractivity contribution in [2.24, 2.45) is 15.3 Å². The standard InChI is InChI=1S/C28H46N6O22/c29-34-31-6-28(32-33-28)5-30-27(48)56-22-18(46)21(8(2-36)49-23(22)47)55-26-17(45)14(42)20(10(4-38)52-26)54-25-16(44)13(41)19(9(3-37)51-25)53-24-15(43)12(40)11(39)7(1-35)50-24/h7-26,35-47H,1-6H2,(H,30,48)/t7?,8?,9?,10?,11-,12+,13-,14-,15?,16?,17?,18+,19-,20-,21-,22?,23-,24-,25-,26-/m1/s1. The molecule has 4 fully saturated rings. The van der Waals surface area contributed by atoms with Crippen LogP contribution in [0.2, 0.25) is 0 Å². The molecule has 14 N–H and O–H groups in total. The SMILES string of the molecule is [N-]=[N+]=NCC1(CNC(=O)OC2[C@H](O)OC(CO)[C@@H](O[C@H]3OC(CO)[C@@H](O[C@H]4OC(CO)[C@@H](O[C@H]5OC(CO)[C@@H](O)[C@H](O)C5O)[C@H](O)C4O)[C@H](O)C3O)[C@@H]2O)N=N1. The molecule has 4 saturated heterocycles. The molecular formula is C28H46N6O22. The molecule has 0 aromatic heterocycles. The van der Waals surface area contributed by atoms with Gasteiger partial charge in [-0.1, -0.05) is 5.11 Å². The number of carbonyl (C=O) groups is 1. The van der Waals surface area contributed by atoms with Crippen LogP contribution in [0, 0.1) is 0 Å². The van der Waals surface area contributed by atoms with Crippen molar-refractivity contribution in [1.29, 1.82) is 0 Å². The van der Waals surface area contributed by atoms with Crippen molar-refractivity contribution >= 4 is 6.09 Å². The largest absolute Gasteiger partial charge is 0.438 e. The van der Waals surface area contributed by atoms with Crippen molar-refractivity contribution in [2.45, 2.75) is 128 Å². The first-order valence-electron chi connectivity index (χ1n) is 17.2. The predicted octanol–water partition coefficient (Wildman–Crippen LogP) is -8.54. The number of alkyl carbamates (subject to hydrolysis) is 1. The number of hydrogen-bond donors (Lipinski definition) is 14. The third-order valence-electron chi connectivity index (χ3n) is 9.71. The van der Waals surface area contributed by atoms with E-state index in [1.807, 2.05) is 0 Å². The Kier molecular flexibility index (Phi) is 15.1. The Hall–Kier alpha value is -2.62. The van der Waals surface area contributed by atoms with Gasteiger partial charge in [0.05, 0.1) is 39.5 Å². The fourth-order valence-corrected chi connectivity index (χ4v) is 6.45. The number of aliphatic hydroxyl groups is 13. The number of azide groups is 1. The Morgan fingerprint density at radius 2 is 1.04 bits per heavy atom. The molecule has 0 radical (unpaired) electrons. The van der Waals surface area contributed by atoms with Gasteiger partial charge in [0, 0.05) is 4.91 Å². The summed E-state index contributed by atoms with van der Waals surface area (Å²) in [7, 11) is 0. The van der Waals surface area contributed by atoms with Gasteiger partial charge < -0.3 is 110 Å². The highest BCUT2D eigenvalue weighted by molar-refractivity contribution is 5.67. The van der Waals surface area contributed by atoms with Crippen molar-refractivity contribution in [3.63, 3.8) is 0 Å². The Bertz CT molecular complexity index is 1370. The van der Waals surface area contributed by atoms with E-state index >= 15 is 0 Å². The molecule has 8 unspecified atom stereocenters. The molecule has 320 valence electrons. The van der Waals surface area contributed by atoms with Gasteiger partial charge in [0.15, 0.2) is 31.3 Å². The van der Waals surface area contributed by atoms with Crippen LogP contribution in [0.15, 0.2) is 15.3 Å². The van der Waals surface area contributed by atoms with Crippen LogP contribution >= 0.6 is 0 Å². The van der Waals surface area contributed by atoms with Crippen LogP contribution in [-0.4, -0.2) is 240 Å². The minimum atomic E-state index is -2.11. The fraction of sp³-hybridized carbons (Fsp3) is 0.964. The van der Waals surface area contributed by atoms with Crippen LogP contribution in [-0.2, 0) is 37.9 Å². The van der Waals surface area contributed by atoms with Gasteiger partial charge in [-0.05, 0) is 5.53 Å². The molecule has 0 aromatic rings. The first kappa shape index (κ1) is 44.5. The summed E-state index contributed by atoms with van der Waals surface area (Å²) in [5.41, 5.74) is 7.28. The second-order valence-corrected chi connectivity index (χ2v) is 13.4. The predicted molar refractivity (Wildman–Crippen MR) is 168 cm³/mol. The van der Waals surface area contributed by atoms with Gasteiger partial charge >= 0.3 is 6.09 Å². The molecule has 0 aliphatic carbocycles. The van der Waals surface area contributed by atoms with E-state index in [1.165, 1.54) is 0 Å². The zero-order valence-electron chi connectivity index (χ0n) is 29.0. The Morgan fingerprint density at radius 1 is 0.607 bits per heavy atom. The maximum Gasteiger partial charge on any atom is 0.407 e. The summed E-state index contributed by atoms with van der Waals surface area (Å²) in [5.74, 6) is 0. The van der Waals surface area contributed by atoms with E-state index in [-0.39, 0.29) is 13.1 Å². The number of amides is 1. The van der Waals surface area contributed by atoms with E-state index in [1.54, 1.807) is 0 Å². The Balaban J connectivity index is 1.21. The van der Waals surface area contributed by atoms with Gasteiger partial charge in [0.1, 0.15) is 91.6 Å². The van der Waals surface area contributed by atoms with E-state index in [0.717, 1.165) is 0 Å². The summed E-state index contributed by atoms with van der Waals surface area (Å²) in [6.45, 7) is -4.11. The number of aliphatic hydroxyl groups excluding tert-OH is 13. The van der Waals surface area contributed by atoms with Crippen molar-refractivity contribution in [3.05, 3.63) is 10.4 Å². The molecule has 5 rings (SSSR count). The lowest BCUT2D eigenvalue weighted by Gasteiger charge is -2.49. The third-order valence-corrected chi connectivity index (χ3v) is 9.71. The first-order valence-corrected chi connectivity index (χ1v) is 17.2. The minimum Gasteiger partial charge on any atom is -0.438 e. The van der Waals surface area contributed by atoms with Gasteiger partial charge in [0.2, 0.25) is 5.66 Å². The molecular weight excluding hydrogens is 772 g/mol. The van der Waals surface area contributed by atoms with Crippen LogP contribution in [0.5, 0.6) is 0 Å². The number of carbonyl (C=O) groups excluding carboxylic acids is 1. The second kappa shape index (κ2) is 19.0. The lowest BCUT2D eigenvalue weighted by molar-refractivity contribution is -0.387. The number of nitrogens with one attached hydrogen (secondary N) is 1. The van der Waals surface area contributed by atoms with Crippen LogP contribution in [0.25, 0.3) is 10.4 Å². The number of ether oxygens (including phenoxy) is 8. The molecule has 5 aliphatic rings. The third kappa shape index (κ3) is 9.47. The van der Waals surface area contributed by atoms with Crippen molar-refractivity contribution in [2.75, 3.05) is 39.5 Å². The maximum atomic E-state index is 12.5. The Labute approximate surface area is 314 Å². The molecule has 56 heavy (non-hydrogen) atoms. The zero-order chi connectivity index (χ0) is 41.1. The molecule has 0 saturated carbocycles. The van der Waals surface area contributed by atoms with Crippen LogP contribution in [0.3, 0.4) is 0 Å². The quantitative estimate of drug-likeness (QED) is 0.0414. The summed E-state index contributed by atoms with van der Waals surface area (Å²) in [4.78, 5) is 15.1. The van der Waals surface area contributed by atoms with E-state index in [0.29, 0.717) is 0 Å². The van der Waals surface area contributed by atoms with Gasteiger partial charge in [0.25, 0.3) is 0 Å². The lowest BCUT2D eigenvalue weighted by atomic mass is 9.95. The van der Waals surface area contributed by atoms with Crippen molar-refractivity contribution < 1.29 is 109 Å². The number of rotatable bonds is 15. The van der Waals surface area contributed by atoms with E-state index in [4.69, 9.17) is 43.4 Å². The summed E-state index contributed by atoms with van der Waals surface area (Å²) in [6.07, 6.45) is -38.0. The average Bonchev–Trinajstić information content (AvgIpc) is 3.97. The molecule has 0 aromatic carbocycles. The molecule has 5 aliphatic heterocycles. The first-order chi connectivity index (χ1) is 26.6. The summed E-state index contributed by atoms with van der Waals surface area (Å²) in [6, 6.07) is 0. The highest BCUT2D eigenvalue weighted by atomic mass is 16.8. The lowest BCUT2D eigenvalue weighted by Crippen LogP contribution is -2.67. The second-order valence-electron chi connectivity index (χ2n) is 13.4. The van der Waals surface area contributed by atoms with Crippen molar-refractivity contribution in [3.8, 4) is 0 Å². The van der Waals surface area contributed by atoms with Gasteiger partial charge in [-0.2, -0.15) is 10.2 Å². The molecule has 5 heterocycles. The van der Waals surface area contributed by atoms with E-state index in [2.05, 4.69) is 25.6 Å². The Morgan fingerprint density at radius 3 is 1.48 bits per heavy atom. The van der Waals surface area contributed by atoms with Crippen molar-refractivity contribution in [1.82, 2.24) is 5.32 Å².